The van der Waals surface area contributed by atoms with Crippen molar-refractivity contribution < 1.29 is 0 Å². The molecule has 0 aliphatic heterocycles. The van der Waals surface area contributed by atoms with Crippen molar-refractivity contribution in [3.05, 3.63) is 12.7 Å². The summed E-state index contributed by atoms with van der Waals surface area (Å²) in [5, 5.41) is 7.86. The lowest BCUT2D eigenvalue weighted by molar-refractivity contribution is 0.498. The molecule has 84 valence electrons. The first kappa shape index (κ1) is 12.2. The van der Waals surface area contributed by atoms with Crippen LogP contribution in [0.3, 0.4) is 0 Å². The highest BCUT2D eigenvalue weighted by Crippen LogP contribution is 2.20. The maximum atomic E-state index is 5.04. The number of nitrogens with zero attached hydrogens (tertiary/aromatic N) is 1. The maximum absolute atomic E-state index is 5.04. The molecule has 0 aromatic heterocycles. The van der Waals surface area contributed by atoms with Gasteiger partial charge in [-0.15, -0.1) is 6.58 Å². The predicted octanol–water partition coefficient (Wildman–Crippen LogP) is 2.20. The van der Waals surface area contributed by atoms with E-state index in [2.05, 4.69) is 29.3 Å². The molecule has 0 spiro atoms. The van der Waals surface area contributed by atoms with Gasteiger partial charge in [-0.2, -0.15) is 5.10 Å². The van der Waals surface area contributed by atoms with E-state index in [-0.39, 0.29) is 0 Å². The summed E-state index contributed by atoms with van der Waals surface area (Å²) in [5.74, 6) is 0.758. The van der Waals surface area contributed by atoms with Crippen molar-refractivity contribution in [3.8, 4) is 0 Å². The summed E-state index contributed by atoms with van der Waals surface area (Å²) in [5.41, 5.74) is 4.10. The molecule has 0 radical (unpaired) electrons. The van der Waals surface area contributed by atoms with E-state index in [0.29, 0.717) is 11.7 Å². The van der Waals surface area contributed by atoms with Gasteiger partial charge in [-0.1, -0.05) is 13.0 Å². The number of hydrogen-bond donors (Lipinski definition) is 2. The first-order valence-electron chi connectivity index (χ1n) is 5.42. The van der Waals surface area contributed by atoms with E-state index in [1.807, 2.05) is 0 Å². The van der Waals surface area contributed by atoms with Crippen molar-refractivity contribution in [3.63, 3.8) is 0 Å². The molecule has 1 aliphatic carbocycles. The van der Waals surface area contributed by atoms with E-state index in [9.17, 15) is 0 Å². The van der Waals surface area contributed by atoms with Crippen LogP contribution in [0.5, 0.6) is 0 Å². The average molecular weight is 225 g/mol. The summed E-state index contributed by atoms with van der Waals surface area (Å²) in [6.45, 7) is 6.55. The van der Waals surface area contributed by atoms with Gasteiger partial charge < -0.3 is 5.32 Å². The van der Waals surface area contributed by atoms with Gasteiger partial charge in [-0.3, -0.25) is 5.43 Å². The zero-order valence-corrected chi connectivity index (χ0v) is 10.1. The Kier molecular flexibility index (Phi) is 5.32. The lowest BCUT2D eigenvalue weighted by Crippen LogP contribution is -2.33. The summed E-state index contributed by atoms with van der Waals surface area (Å²) < 4.78 is 0. The maximum Gasteiger partial charge on any atom is 0.187 e. The van der Waals surface area contributed by atoms with Crippen LogP contribution in [0.2, 0.25) is 0 Å². The molecule has 0 heterocycles. The highest BCUT2D eigenvalue weighted by Gasteiger charge is 2.13. The molecule has 0 aromatic rings. The molecule has 1 atom stereocenters. The number of rotatable bonds is 3. The van der Waals surface area contributed by atoms with Crippen LogP contribution in [0.15, 0.2) is 17.8 Å². The Morgan fingerprint density at radius 3 is 3.20 bits per heavy atom. The van der Waals surface area contributed by atoms with Crippen LogP contribution in [0.4, 0.5) is 0 Å². The second kappa shape index (κ2) is 6.56. The molecule has 0 aromatic carbocycles. The summed E-state index contributed by atoms with van der Waals surface area (Å²) in [6.07, 6.45) is 6.52. The largest absolute Gasteiger partial charge is 0.358 e. The van der Waals surface area contributed by atoms with Crippen molar-refractivity contribution in [2.45, 2.75) is 32.6 Å². The third-order valence-corrected chi connectivity index (χ3v) is 2.70. The van der Waals surface area contributed by atoms with Crippen LogP contribution in [0, 0.1) is 5.92 Å². The second-order valence-electron chi connectivity index (χ2n) is 3.99. The molecule has 15 heavy (non-hydrogen) atoms. The van der Waals surface area contributed by atoms with Gasteiger partial charge in [0.2, 0.25) is 0 Å². The summed E-state index contributed by atoms with van der Waals surface area (Å²) in [7, 11) is 0. The number of nitrogens with one attached hydrogen (secondary N) is 2. The highest BCUT2D eigenvalue weighted by molar-refractivity contribution is 7.80. The van der Waals surface area contributed by atoms with Crippen LogP contribution in [-0.4, -0.2) is 17.4 Å². The molecular weight excluding hydrogens is 206 g/mol. The van der Waals surface area contributed by atoms with E-state index in [4.69, 9.17) is 12.2 Å². The zero-order valence-electron chi connectivity index (χ0n) is 9.25. The molecule has 1 saturated carbocycles. The van der Waals surface area contributed by atoms with Gasteiger partial charge in [0.05, 0.1) is 0 Å². The Labute approximate surface area is 97.0 Å². The van der Waals surface area contributed by atoms with E-state index in [0.717, 1.165) is 18.8 Å². The van der Waals surface area contributed by atoms with Crippen LogP contribution < -0.4 is 10.7 Å². The third kappa shape index (κ3) is 4.93. The molecule has 4 heteroatoms. The summed E-state index contributed by atoms with van der Waals surface area (Å²) in [4.78, 5) is 0. The zero-order chi connectivity index (χ0) is 11.1. The molecule has 1 fully saturated rings. The van der Waals surface area contributed by atoms with Gasteiger partial charge in [0.1, 0.15) is 0 Å². The van der Waals surface area contributed by atoms with Crippen molar-refractivity contribution in [2.24, 2.45) is 11.0 Å². The van der Waals surface area contributed by atoms with Crippen molar-refractivity contribution in [2.75, 3.05) is 6.54 Å². The van der Waals surface area contributed by atoms with E-state index in [1.54, 1.807) is 6.08 Å². The Hall–Kier alpha value is -0.900. The molecule has 0 bridgehead atoms. The first-order chi connectivity index (χ1) is 7.22. The second-order valence-corrected chi connectivity index (χ2v) is 4.40. The molecule has 1 aliphatic rings. The van der Waals surface area contributed by atoms with Crippen molar-refractivity contribution in [1.82, 2.24) is 10.7 Å². The van der Waals surface area contributed by atoms with Crippen LogP contribution >= 0.6 is 12.2 Å². The fourth-order valence-electron chi connectivity index (χ4n) is 1.70. The fourth-order valence-corrected chi connectivity index (χ4v) is 1.83. The lowest BCUT2D eigenvalue weighted by atomic mass is 9.89. The lowest BCUT2D eigenvalue weighted by Gasteiger charge is -2.19. The molecule has 0 unspecified atom stereocenters. The number of thiocarbonyl (C=S) groups is 1. The summed E-state index contributed by atoms with van der Waals surface area (Å²) in [6, 6.07) is 0. The average Bonchev–Trinajstić information content (AvgIpc) is 2.23. The molecule has 2 N–H and O–H groups in total. The minimum atomic E-state index is 0.570. The topological polar surface area (TPSA) is 36.4 Å². The highest BCUT2D eigenvalue weighted by atomic mass is 32.1. The Bertz CT molecular complexity index is 261. The van der Waals surface area contributed by atoms with Gasteiger partial charge in [-0.25, -0.2) is 0 Å². The van der Waals surface area contributed by atoms with Gasteiger partial charge in [0, 0.05) is 12.3 Å². The number of hydrogen-bond acceptors (Lipinski definition) is 2. The van der Waals surface area contributed by atoms with Gasteiger partial charge in [0.15, 0.2) is 5.11 Å². The fraction of sp³-hybridized carbons (Fsp3) is 0.636. The normalized spacial score (nSPS) is 23.5. The third-order valence-electron chi connectivity index (χ3n) is 2.47. The van der Waals surface area contributed by atoms with Crippen molar-refractivity contribution in [1.29, 1.82) is 0 Å². The van der Waals surface area contributed by atoms with Gasteiger partial charge in [-0.05, 0) is 43.8 Å². The molecule has 0 saturated heterocycles. The number of hydrazone groups is 1. The SMILES string of the molecule is C=CCNC(=S)N/N=C1/CCC[C@H](C)C1. The Morgan fingerprint density at radius 1 is 1.73 bits per heavy atom. The van der Waals surface area contributed by atoms with E-state index < -0.39 is 0 Å². The van der Waals surface area contributed by atoms with E-state index in [1.165, 1.54) is 18.6 Å². The van der Waals surface area contributed by atoms with E-state index >= 15 is 0 Å². The molecule has 1 rings (SSSR count). The van der Waals surface area contributed by atoms with Crippen LogP contribution in [-0.2, 0) is 0 Å². The van der Waals surface area contributed by atoms with Crippen LogP contribution in [0.1, 0.15) is 32.6 Å². The molecule has 3 nitrogen and oxygen atoms in total. The monoisotopic (exact) mass is 225 g/mol. The summed E-state index contributed by atoms with van der Waals surface area (Å²) >= 11 is 5.04. The Balaban J connectivity index is 2.29. The predicted molar refractivity (Wildman–Crippen MR) is 69.0 cm³/mol. The smallest absolute Gasteiger partial charge is 0.187 e. The van der Waals surface area contributed by atoms with Crippen LogP contribution in [0.25, 0.3) is 0 Å². The Morgan fingerprint density at radius 2 is 2.53 bits per heavy atom. The van der Waals surface area contributed by atoms with Gasteiger partial charge >= 0.3 is 0 Å². The minimum absolute atomic E-state index is 0.570. The minimum Gasteiger partial charge on any atom is -0.358 e. The first-order valence-corrected chi connectivity index (χ1v) is 5.83. The quantitative estimate of drug-likeness (QED) is 0.439. The van der Waals surface area contributed by atoms with Crippen molar-refractivity contribution >= 4 is 23.0 Å². The molecule has 0 amide bonds. The standard InChI is InChI=1S/C11H19N3S/c1-3-7-12-11(15)14-13-10-6-4-5-9(2)8-10/h3,9H,1,4-8H2,2H3,(H2,12,14,15)/b13-10-/t9-/m0/s1. The molecular formula is C11H19N3S. The van der Waals surface area contributed by atoms with Gasteiger partial charge in [0.25, 0.3) is 0 Å².